The Morgan fingerprint density at radius 3 is 2.56 bits per heavy atom. The summed E-state index contributed by atoms with van der Waals surface area (Å²) < 4.78 is 7.45. The minimum Gasteiger partial charge on any atom is -0.491 e. The molecule has 0 saturated carbocycles. The van der Waals surface area contributed by atoms with E-state index >= 15 is 0 Å². The van der Waals surface area contributed by atoms with Gasteiger partial charge in [-0.3, -0.25) is 0 Å². The lowest BCUT2D eigenvalue weighted by molar-refractivity contribution is 0.126. The van der Waals surface area contributed by atoms with E-state index in [2.05, 4.69) is 10.2 Å². The summed E-state index contributed by atoms with van der Waals surface area (Å²) in [5.41, 5.74) is 0.944. The van der Waals surface area contributed by atoms with Gasteiger partial charge in [-0.05, 0) is 36.4 Å². The summed E-state index contributed by atoms with van der Waals surface area (Å²) in [5, 5.41) is 19.9. The molecule has 1 atom stereocenters. The molecule has 0 aliphatic rings. The van der Waals surface area contributed by atoms with Gasteiger partial charge in [0.15, 0.2) is 11.0 Å². The van der Waals surface area contributed by atoms with Gasteiger partial charge in [-0.1, -0.05) is 41.6 Å². The first-order chi connectivity index (χ1) is 12.1. The zero-order valence-electron chi connectivity index (χ0n) is 13.7. The van der Waals surface area contributed by atoms with Gasteiger partial charge in [-0.15, -0.1) is 10.2 Å². The van der Waals surface area contributed by atoms with E-state index in [1.165, 1.54) is 11.8 Å². The Morgan fingerprint density at radius 2 is 1.84 bits per heavy atom. The zero-order chi connectivity index (χ0) is 17.6. The number of thioether (sulfide) groups is 1. The highest BCUT2D eigenvalue weighted by Crippen LogP contribution is 2.24. The first-order valence-corrected chi connectivity index (χ1v) is 9.14. The number of benzene rings is 2. The highest BCUT2D eigenvalue weighted by molar-refractivity contribution is 7.99. The van der Waals surface area contributed by atoms with Crippen molar-refractivity contribution >= 4 is 23.4 Å². The molecular formula is C18H18ClN3O2S. The highest BCUT2D eigenvalue weighted by Gasteiger charge is 2.13. The third-order valence-corrected chi connectivity index (χ3v) is 4.94. The number of nitrogens with zero attached hydrogens (tertiary/aromatic N) is 3. The number of para-hydroxylation sites is 1. The first-order valence-electron chi connectivity index (χ1n) is 7.77. The highest BCUT2D eigenvalue weighted by atomic mass is 35.5. The van der Waals surface area contributed by atoms with Crippen molar-refractivity contribution in [3.05, 3.63) is 59.6 Å². The van der Waals surface area contributed by atoms with Crippen molar-refractivity contribution in [1.82, 2.24) is 14.8 Å². The minimum atomic E-state index is -0.596. The van der Waals surface area contributed by atoms with Crippen LogP contribution in [0, 0.1) is 0 Å². The van der Waals surface area contributed by atoms with Crippen LogP contribution >= 0.6 is 23.4 Å². The van der Waals surface area contributed by atoms with Crippen molar-refractivity contribution in [3.8, 4) is 17.1 Å². The monoisotopic (exact) mass is 375 g/mol. The van der Waals surface area contributed by atoms with E-state index in [0.717, 1.165) is 22.3 Å². The first kappa shape index (κ1) is 17.8. The maximum atomic E-state index is 10.1. The number of hydrogen-bond donors (Lipinski definition) is 1. The van der Waals surface area contributed by atoms with Gasteiger partial charge in [-0.25, -0.2) is 0 Å². The summed E-state index contributed by atoms with van der Waals surface area (Å²) in [6, 6.07) is 16.9. The molecule has 0 spiro atoms. The van der Waals surface area contributed by atoms with Gasteiger partial charge in [0.05, 0.1) is 6.10 Å². The van der Waals surface area contributed by atoms with Gasteiger partial charge in [0.25, 0.3) is 0 Å². The normalized spacial score (nSPS) is 12.1. The SMILES string of the molecule is Cn1c(SC[C@H](O)COc2ccccc2)nnc1-c1ccc(Cl)cc1. The molecule has 0 saturated heterocycles. The van der Waals surface area contributed by atoms with E-state index in [-0.39, 0.29) is 6.61 Å². The molecule has 0 aliphatic heterocycles. The lowest BCUT2D eigenvalue weighted by atomic mass is 10.2. The summed E-state index contributed by atoms with van der Waals surface area (Å²) in [6.45, 7) is 0.235. The fraction of sp³-hybridized carbons (Fsp3) is 0.222. The molecular weight excluding hydrogens is 358 g/mol. The number of halogens is 1. The topological polar surface area (TPSA) is 60.2 Å². The van der Waals surface area contributed by atoms with Crippen LogP contribution in [0.4, 0.5) is 0 Å². The van der Waals surface area contributed by atoms with E-state index < -0.39 is 6.10 Å². The van der Waals surface area contributed by atoms with E-state index in [4.69, 9.17) is 16.3 Å². The molecule has 2 aromatic carbocycles. The predicted octanol–water partition coefficient (Wildman–Crippen LogP) is 3.67. The van der Waals surface area contributed by atoms with E-state index in [9.17, 15) is 5.11 Å². The van der Waals surface area contributed by atoms with Crippen LogP contribution in [0.15, 0.2) is 59.8 Å². The van der Waals surface area contributed by atoms with Crippen LogP contribution in [0.25, 0.3) is 11.4 Å². The minimum absolute atomic E-state index is 0.235. The summed E-state index contributed by atoms with van der Waals surface area (Å²) in [4.78, 5) is 0. The third kappa shape index (κ3) is 4.75. The van der Waals surface area contributed by atoms with Crippen molar-refractivity contribution < 1.29 is 9.84 Å². The second-order valence-corrected chi connectivity index (χ2v) is 6.88. The number of ether oxygens (including phenoxy) is 1. The molecule has 0 bridgehead atoms. The Bertz CT molecular complexity index is 809. The summed E-state index contributed by atoms with van der Waals surface area (Å²) in [7, 11) is 1.90. The fourth-order valence-corrected chi connectivity index (χ4v) is 3.16. The van der Waals surface area contributed by atoms with E-state index in [1.54, 1.807) is 0 Å². The largest absolute Gasteiger partial charge is 0.491 e. The molecule has 0 fully saturated rings. The van der Waals surface area contributed by atoms with Crippen LogP contribution in [0.3, 0.4) is 0 Å². The van der Waals surface area contributed by atoms with Crippen LogP contribution in [-0.4, -0.2) is 38.3 Å². The molecule has 5 nitrogen and oxygen atoms in total. The lowest BCUT2D eigenvalue weighted by Crippen LogP contribution is -2.20. The maximum absolute atomic E-state index is 10.1. The standard InChI is InChI=1S/C18H18ClN3O2S/c1-22-17(13-7-9-14(19)10-8-13)20-21-18(22)25-12-15(23)11-24-16-5-3-2-4-6-16/h2-10,15,23H,11-12H2,1H3/t15-/m1/s1. The Labute approximate surface area is 155 Å². The Balaban J connectivity index is 1.55. The van der Waals surface area contributed by atoms with Crippen molar-refractivity contribution in [2.45, 2.75) is 11.3 Å². The number of aliphatic hydroxyl groups is 1. The summed E-state index contributed by atoms with van der Waals surface area (Å²) in [5.74, 6) is 1.98. The van der Waals surface area contributed by atoms with Gasteiger partial charge in [0, 0.05) is 23.4 Å². The van der Waals surface area contributed by atoms with Crippen molar-refractivity contribution in [2.24, 2.45) is 7.05 Å². The van der Waals surface area contributed by atoms with Gasteiger partial charge in [0.1, 0.15) is 12.4 Å². The second kappa shape index (κ2) is 8.38. The van der Waals surface area contributed by atoms with Crippen LogP contribution in [0.5, 0.6) is 5.75 Å². The molecule has 3 aromatic rings. The van der Waals surface area contributed by atoms with Crippen LogP contribution < -0.4 is 4.74 Å². The van der Waals surface area contributed by atoms with Gasteiger partial charge >= 0.3 is 0 Å². The van der Waals surface area contributed by atoms with Crippen molar-refractivity contribution in [2.75, 3.05) is 12.4 Å². The number of aromatic nitrogens is 3. The van der Waals surface area contributed by atoms with Gasteiger partial charge in [0.2, 0.25) is 0 Å². The number of hydrogen-bond acceptors (Lipinski definition) is 5. The van der Waals surface area contributed by atoms with Gasteiger partial charge in [-0.2, -0.15) is 0 Å². The second-order valence-electron chi connectivity index (χ2n) is 5.46. The molecule has 25 heavy (non-hydrogen) atoms. The average molecular weight is 376 g/mol. The quantitative estimate of drug-likeness (QED) is 0.638. The predicted molar refractivity (Wildman–Crippen MR) is 100 cm³/mol. The molecule has 1 aromatic heterocycles. The molecule has 7 heteroatoms. The summed E-state index contributed by atoms with van der Waals surface area (Å²) in [6.07, 6.45) is -0.596. The van der Waals surface area contributed by atoms with Crippen LogP contribution in [0.1, 0.15) is 0 Å². The van der Waals surface area contributed by atoms with Crippen LogP contribution in [-0.2, 0) is 7.05 Å². The smallest absolute Gasteiger partial charge is 0.191 e. The summed E-state index contributed by atoms with van der Waals surface area (Å²) >= 11 is 7.36. The molecule has 0 amide bonds. The molecule has 0 unspecified atom stereocenters. The lowest BCUT2D eigenvalue weighted by Gasteiger charge is -2.11. The fourth-order valence-electron chi connectivity index (χ4n) is 2.22. The Hall–Kier alpha value is -2.02. The molecule has 130 valence electrons. The Kier molecular flexibility index (Phi) is 5.96. The molecule has 3 rings (SSSR count). The van der Waals surface area contributed by atoms with E-state index in [1.807, 2.05) is 66.2 Å². The maximum Gasteiger partial charge on any atom is 0.191 e. The molecule has 1 N–H and O–H groups in total. The molecule has 0 radical (unpaired) electrons. The van der Waals surface area contributed by atoms with E-state index in [0.29, 0.717) is 10.8 Å². The molecule has 1 heterocycles. The zero-order valence-corrected chi connectivity index (χ0v) is 15.2. The Morgan fingerprint density at radius 1 is 1.12 bits per heavy atom. The van der Waals surface area contributed by atoms with Crippen LogP contribution in [0.2, 0.25) is 5.02 Å². The van der Waals surface area contributed by atoms with Crippen molar-refractivity contribution in [3.63, 3.8) is 0 Å². The number of aliphatic hydroxyl groups excluding tert-OH is 1. The number of rotatable bonds is 7. The van der Waals surface area contributed by atoms with Gasteiger partial charge < -0.3 is 14.4 Å². The van der Waals surface area contributed by atoms with Crippen molar-refractivity contribution in [1.29, 1.82) is 0 Å². The average Bonchev–Trinajstić information content (AvgIpc) is 3.00. The third-order valence-electron chi connectivity index (χ3n) is 3.53. The molecule has 0 aliphatic carbocycles.